The van der Waals surface area contributed by atoms with Crippen LogP contribution >= 0.6 is 0 Å². The molecule has 2 rings (SSSR count). The monoisotopic (exact) mass is 307 g/mol. The summed E-state index contributed by atoms with van der Waals surface area (Å²) in [5.41, 5.74) is -0.660. The van der Waals surface area contributed by atoms with Crippen molar-refractivity contribution in [2.75, 3.05) is 19.7 Å². The van der Waals surface area contributed by atoms with E-state index < -0.39 is 5.54 Å². The molecule has 22 heavy (non-hydrogen) atoms. The summed E-state index contributed by atoms with van der Waals surface area (Å²) in [5, 5.41) is 21.7. The summed E-state index contributed by atoms with van der Waals surface area (Å²) in [6.45, 7) is 0.916. The minimum atomic E-state index is -0.660. The van der Waals surface area contributed by atoms with Crippen molar-refractivity contribution in [1.29, 1.82) is 5.26 Å². The lowest BCUT2D eigenvalue weighted by atomic mass is 9.83. The average Bonchev–Trinajstić information content (AvgIpc) is 2.56. The van der Waals surface area contributed by atoms with Gasteiger partial charge in [0.2, 0.25) is 5.91 Å². The lowest BCUT2D eigenvalue weighted by Gasteiger charge is -2.36. The molecule has 5 nitrogen and oxygen atoms in total. The third-order valence-corrected chi connectivity index (χ3v) is 5.12. The maximum atomic E-state index is 12.4. The molecule has 0 heterocycles. The lowest BCUT2D eigenvalue weighted by Crippen LogP contribution is -2.53. The first-order chi connectivity index (χ1) is 10.7. The van der Waals surface area contributed by atoms with Gasteiger partial charge in [0.25, 0.3) is 0 Å². The minimum Gasteiger partial charge on any atom is -0.395 e. The summed E-state index contributed by atoms with van der Waals surface area (Å²) < 4.78 is 0. The molecule has 2 fully saturated rings. The molecule has 2 aliphatic rings. The second kappa shape index (κ2) is 8.50. The van der Waals surface area contributed by atoms with Gasteiger partial charge in [-0.3, -0.25) is 9.69 Å². The number of nitrogens with zero attached hydrogens (tertiary/aromatic N) is 2. The highest BCUT2D eigenvalue weighted by Crippen LogP contribution is 2.28. The zero-order valence-electron chi connectivity index (χ0n) is 13.5. The second-order valence-electron chi connectivity index (χ2n) is 6.79. The fourth-order valence-corrected chi connectivity index (χ4v) is 3.88. The first kappa shape index (κ1) is 17.2. The molecule has 0 aromatic heterocycles. The number of aliphatic hydroxyl groups is 1. The van der Waals surface area contributed by atoms with Crippen molar-refractivity contribution in [3.63, 3.8) is 0 Å². The van der Waals surface area contributed by atoms with Gasteiger partial charge in [0.1, 0.15) is 5.54 Å². The number of nitrogens with one attached hydrogen (secondary N) is 1. The topological polar surface area (TPSA) is 76.4 Å². The zero-order valence-corrected chi connectivity index (χ0v) is 13.5. The van der Waals surface area contributed by atoms with E-state index in [2.05, 4.69) is 16.3 Å². The van der Waals surface area contributed by atoms with E-state index in [9.17, 15) is 15.2 Å². The number of rotatable bonds is 6. The molecule has 0 unspecified atom stereocenters. The van der Waals surface area contributed by atoms with E-state index >= 15 is 0 Å². The predicted molar refractivity (Wildman–Crippen MR) is 85.1 cm³/mol. The molecule has 0 atom stereocenters. The van der Waals surface area contributed by atoms with Gasteiger partial charge in [0.15, 0.2) is 0 Å². The van der Waals surface area contributed by atoms with Crippen LogP contribution in [-0.4, -0.2) is 47.2 Å². The number of aliphatic hydroxyl groups excluding tert-OH is 1. The van der Waals surface area contributed by atoms with Crippen molar-refractivity contribution in [3.05, 3.63) is 0 Å². The van der Waals surface area contributed by atoms with Crippen molar-refractivity contribution >= 4 is 5.91 Å². The molecule has 2 aliphatic carbocycles. The average molecular weight is 307 g/mol. The highest BCUT2D eigenvalue weighted by molar-refractivity contribution is 5.79. The van der Waals surface area contributed by atoms with Gasteiger partial charge in [0, 0.05) is 12.6 Å². The van der Waals surface area contributed by atoms with Crippen LogP contribution in [0.5, 0.6) is 0 Å². The van der Waals surface area contributed by atoms with E-state index in [4.69, 9.17) is 0 Å². The van der Waals surface area contributed by atoms with Crippen molar-refractivity contribution in [2.24, 2.45) is 0 Å². The SMILES string of the molecule is N#CC1(NC(=O)CN(CCO)C2CCCCC2)CCCCC1. The van der Waals surface area contributed by atoms with Crippen molar-refractivity contribution < 1.29 is 9.90 Å². The highest BCUT2D eigenvalue weighted by atomic mass is 16.3. The van der Waals surface area contributed by atoms with Crippen molar-refractivity contribution in [1.82, 2.24) is 10.2 Å². The third kappa shape index (κ3) is 4.69. The van der Waals surface area contributed by atoms with Crippen LogP contribution in [0.15, 0.2) is 0 Å². The summed E-state index contributed by atoms with van der Waals surface area (Å²) in [5.74, 6) is -0.0672. The maximum Gasteiger partial charge on any atom is 0.235 e. The number of hydrogen-bond acceptors (Lipinski definition) is 4. The Morgan fingerprint density at radius 2 is 1.82 bits per heavy atom. The molecular weight excluding hydrogens is 278 g/mol. The van der Waals surface area contributed by atoms with Gasteiger partial charge < -0.3 is 10.4 Å². The second-order valence-corrected chi connectivity index (χ2v) is 6.79. The predicted octanol–water partition coefficient (Wildman–Crippen LogP) is 1.96. The van der Waals surface area contributed by atoms with Gasteiger partial charge in [0.05, 0.1) is 19.2 Å². The van der Waals surface area contributed by atoms with Gasteiger partial charge in [-0.25, -0.2) is 0 Å². The third-order valence-electron chi connectivity index (χ3n) is 5.12. The first-order valence-corrected chi connectivity index (χ1v) is 8.76. The summed E-state index contributed by atoms with van der Waals surface area (Å²) in [4.78, 5) is 14.5. The zero-order chi connectivity index (χ0) is 15.8. The fraction of sp³-hybridized carbons (Fsp3) is 0.882. The van der Waals surface area contributed by atoms with Crippen LogP contribution in [0.2, 0.25) is 0 Å². The van der Waals surface area contributed by atoms with Crippen LogP contribution in [-0.2, 0) is 4.79 Å². The van der Waals surface area contributed by atoms with Crippen LogP contribution in [0.1, 0.15) is 64.2 Å². The summed E-state index contributed by atoms with van der Waals surface area (Å²) in [6, 6.07) is 2.73. The Labute approximate surface area is 133 Å². The Morgan fingerprint density at radius 3 is 2.41 bits per heavy atom. The fourth-order valence-electron chi connectivity index (χ4n) is 3.88. The van der Waals surface area contributed by atoms with E-state index in [1.165, 1.54) is 19.3 Å². The molecule has 1 amide bonds. The molecule has 0 aliphatic heterocycles. The smallest absolute Gasteiger partial charge is 0.235 e. The van der Waals surface area contributed by atoms with Gasteiger partial charge in [-0.05, 0) is 25.7 Å². The Morgan fingerprint density at radius 1 is 1.18 bits per heavy atom. The quantitative estimate of drug-likeness (QED) is 0.786. The molecule has 0 bridgehead atoms. The highest BCUT2D eigenvalue weighted by Gasteiger charge is 2.34. The first-order valence-electron chi connectivity index (χ1n) is 8.76. The van der Waals surface area contributed by atoms with Gasteiger partial charge in [-0.1, -0.05) is 38.5 Å². The number of hydrogen-bond donors (Lipinski definition) is 2. The Bertz CT molecular complexity index is 393. The molecule has 124 valence electrons. The molecule has 0 radical (unpaired) electrons. The molecule has 2 N–H and O–H groups in total. The van der Waals surface area contributed by atoms with Gasteiger partial charge in [-0.2, -0.15) is 5.26 Å². The van der Waals surface area contributed by atoms with E-state index in [0.29, 0.717) is 19.1 Å². The Balaban J connectivity index is 1.91. The van der Waals surface area contributed by atoms with Crippen LogP contribution < -0.4 is 5.32 Å². The van der Waals surface area contributed by atoms with E-state index in [1.54, 1.807) is 0 Å². The van der Waals surface area contributed by atoms with Crippen molar-refractivity contribution in [2.45, 2.75) is 75.8 Å². The Kier molecular flexibility index (Phi) is 6.66. The largest absolute Gasteiger partial charge is 0.395 e. The molecule has 0 aromatic carbocycles. The Hall–Kier alpha value is -1.12. The number of amides is 1. The van der Waals surface area contributed by atoms with Gasteiger partial charge >= 0.3 is 0 Å². The summed E-state index contributed by atoms with van der Waals surface area (Å²) in [7, 11) is 0. The van der Waals surface area contributed by atoms with Crippen LogP contribution in [0.25, 0.3) is 0 Å². The number of nitriles is 1. The van der Waals surface area contributed by atoms with Gasteiger partial charge in [-0.15, -0.1) is 0 Å². The number of carbonyl (C=O) groups excluding carboxylic acids is 1. The maximum absolute atomic E-state index is 12.4. The molecule has 0 aromatic rings. The molecule has 0 spiro atoms. The van der Waals surface area contributed by atoms with Crippen LogP contribution in [0, 0.1) is 11.3 Å². The summed E-state index contributed by atoms with van der Waals surface area (Å²) in [6.07, 6.45) is 10.6. The molecule has 2 saturated carbocycles. The molecule has 0 saturated heterocycles. The normalized spacial score (nSPS) is 22.2. The molecule has 5 heteroatoms. The van der Waals surface area contributed by atoms with E-state index in [0.717, 1.165) is 44.9 Å². The minimum absolute atomic E-state index is 0.0672. The summed E-state index contributed by atoms with van der Waals surface area (Å²) >= 11 is 0. The van der Waals surface area contributed by atoms with Crippen LogP contribution in [0.4, 0.5) is 0 Å². The van der Waals surface area contributed by atoms with E-state index in [-0.39, 0.29) is 12.5 Å². The number of carbonyl (C=O) groups is 1. The van der Waals surface area contributed by atoms with E-state index in [1.807, 2.05) is 0 Å². The molecular formula is C17H29N3O2. The standard InChI is InChI=1S/C17H29N3O2/c18-14-17(9-5-2-6-10-17)19-16(22)13-20(11-12-21)15-7-3-1-4-8-15/h15,21H,1-13H2,(H,19,22). The van der Waals surface area contributed by atoms with Crippen molar-refractivity contribution in [3.8, 4) is 6.07 Å². The van der Waals surface area contributed by atoms with Crippen LogP contribution in [0.3, 0.4) is 0 Å². The lowest BCUT2D eigenvalue weighted by molar-refractivity contribution is -0.124.